The first-order chi connectivity index (χ1) is 12.2. The first kappa shape index (κ1) is 18.7. The summed E-state index contributed by atoms with van der Waals surface area (Å²) in [6.07, 6.45) is 15.2. The minimum absolute atomic E-state index is 0.730. The lowest BCUT2D eigenvalue weighted by Crippen LogP contribution is -2.20. The molecule has 134 valence electrons. The van der Waals surface area contributed by atoms with Gasteiger partial charge in [-0.25, -0.2) is 0 Å². The zero-order valence-corrected chi connectivity index (χ0v) is 17.2. The van der Waals surface area contributed by atoms with E-state index in [0.717, 1.165) is 11.8 Å². The largest absolute Gasteiger partial charge is 0.0923 e. The van der Waals surface area contributed by atoms with Crippen LogP contribution in [-0.2, 0) is 0 Å². The second-order valence-corrected chi connectivity index (χ2v) is 11.9. The molecule has 0 spiro atoms. The zero-order chi connectivity index (χ0) is 17.7. The van der Waals surface area contributed by atoms with Crippen molar-refractivity contribution in [1.29, 1.82) is 0 Å². The fourth-order valence-corrected chi connectivity index (χ4v) is 9.19. The van der Waals surface area contributed by atoms with Gasteiger partial charge in [0.2, 0.25) is 0 Å². The second kappa shape index (κ2) is 8.56. The average Bonchev–Trinajstić information content (AvgIpc) is 2.78. The molecule has 1 saturated carbocycles. The Morgan fingerprint density at radius 1 is 1.12 bits per heavy atom. The Kier molecular flexibility index (Phi) is 6.41. The molecule has 0 amide bonds. The highest BCUT2D eigenvalue weighted by atomic mass is 31.2. The molecule has 1 heteroatoms. The van der Waals surface area contributed by atoms with Crippen LogP contribution in [0.1, 0.15) is 63.5 Å². The summed E-state index contributed by atoms with van der Waals surface area (Å²) in [6.45, 7) is 6.55. The molecule has 1 aromatic carbocycles. The Hall–Kier alpha value is -1.05. The molecule has 1 saturated heterocycles. The fourth-order valence-electron chi connectivity index (χ4n) is 4.87. The van der Waals surface area contributed by atoms with Crippen molar-refractivity contribution in [3.05, 3.63) is 41.5 Å². The predicted octanol–water partition coefficient (Wildman–Crippen LogP) is 7.00. The van der Waals surface area contributed by atoms with Gasteiger partial charge in [0, 0.05) is 6.92 Å². The van der Waals surface area contributed by atoms with E-state index in [0.29, 0.717) is 0 Å². The third-order valence-corrected chi connectivity index (χ3v) is 10.6. The molecule has 0 N–H and O–H groups in total. The molecule has 1 aromatic rings. The van der Waals surface area contributed by atoms with Crippen LogP contribution < -0.4 is 0 Å². The average molecular weight is 354 g/mol. The van der Waals surface area contributed by atoms with E-state index >= 15 is 0 Å². The van der Waals surface area contributed by atoms with E-state index in [4.69, 9.17) is 0 Å². The van der Waals surface area contributed by atoms with Crippen LogP contribution in [0.15, 0.2) is 30.3 Å². The number of rotatable bonds is 4. The summed E-state index contributed by atoms with van der Waals surface area (Å²) in [5, 5.41) is 0. The molecule has 1 aliphatic carbocycles. The maximum Gasteiger partial charge on any atom is 0.0923 e. The lowest BCUT2D eigenvalue weighted by molar-refractivity contribution is 0.350. The molecule has 0 nitrogen and oxygen atoms in total. The quantitative estimate of drug-likeness (QED) is 0.404. The van der Waals surface area contributed by atoms with E-state index in [9.17, 15) is 0 Å². The third kappa shape index (κ3) is 4.38. The van der Waals surface area contributed by atoms with Gasteiger partial charge in [0.05, 0.1) is 31.4 Å². The number of hydrogen-bond acceptors (Lipinski definition) is 0. The van der Waals surface area contributed by atoms with Crippen molar-refractivity contribution >= 4 is 12.8 Å². The van der Waals surface area contributed by atoms with Crippen molar-refractivity contribution in [2.45, 2.75) is 59.3 Å². The van der Waals surface area contributed by atoms with Gasteiger partial charge >= 0.3 is 0 Å². The van der Waals surface area contributed by atoms with Crippen LogP contribution in [0.5, 0.6) is 0 Å². The molecule has 0 radical (unpaired) electrons. The molecular weight excluding hydrogens is 319 g/mol. The summed E-state index contributed by atoms with van der Waals surface area (Å²) < 4.78 is 0. The van der Waals surface area contributed by atoms with E-state index in [1.54, 1.807) is 5.57 Å². The zero-order valence-electron chi connectivity index (χ0n) is 16.4. The number of benzene rings is 1. The molecule has 2 unspecified atom stereocenters. The number of allylic oxidation sites excluding steroid dienone is 2. The summed E-state index contributed by atoms with van der Waals surface area (Å²) in [4.78, 5) is 0. The topological polar surface area (TPSA) is 0 Å². The fraction of sp³-hybridized carbons (Fsp3) is 0.583. The van der Waals surface area contributed by atoms with Crippen molar-refractivity contribution < 1.29 is 0 Å². The van der Waals surface area contributed by atoms with E-state index < -0.39 is 7.26 Å². The highest BCUT2D eigenvalue weighted by Crippen LogP contribution is 2.64. The monoisotopic (exact) mass is 353 g/mol. The molecule has 3 rings (SSSR count). The van der Waals surface area contributed by atoms with Crippen molar-refractivity contribution in [1.82, 2.24) is 0 Å². The lowest BCUT2D eigenvalue weighted by atomic mass is 9.85. The van der Waals surface area contributed by atoms with Gasteiger partial charge in [0.1, 0.15) is 0 Å². The van der Waals surface area contributed by atoms with Crippen LogP contribution in [0.4, 0.5) is 0 Å². The third-order valence-electron chi connectivity index (χ3n) is 6.43. The molecule has 1 aliphatic heterocycles. The molecule has 2 aliphatic rings. The Labute approximate surface area is 155 Å². The van der Waals surface area contributed by atoms with Gasteiger partial charge < -0.3 is 0 Å². The standard InChI is InChI=1S/C24H34P/c1-4-16-25(19-21-11-8-12-21)17-9-13-22(15-18-25)23(5-2)24-14-7-6-10-20(24)3/h5-7,10,14,21-22H,8-9,11-13,15,17-19H2,1-3H3/q+1/b23-5-. The Bertz CT molecular complexity index is 671. The van der Waals surface area contributed by atoms with Crippen molar-refractivity contribution in [3.8, 4) is 11.6 Å². The highest BCUT2D eigenvalue weighted by molar-refractivity contribution is 7.80. The van der Waals surface area contributed by atoms with E-state index in [1.807, 2.05) is 0 Å². The Balaban J connectivity index is 1.77. The van der Waals surface area contributed by atoms with Gasteiger partial charge in [-0.15, -0.1) is 0 Å². The predicted molar refractivity (Wildman–Crippen MR) is 114 cm³/mol. The molecular formula is C24H34P+. The summed E-state index contributed by atoms with van der Waals surface area (Å²) >= 11 is 0. The van der Waals surface area contributed by atoms with Gasteiger partial charge in [0.15, 0.2) is 0 Å². The molecule has 0 aromatic heterocycles. The second-order valence-electron chi connectivity index (χ2n) is 8.12. The van der Waals surface area contributed by atoms with Gasteiger partial charge in [-0.1, -0.05) is 42.7 Å². The lowest BCUT2D eigenvalue weighted by Gasteiger charge is -2.30. The normalized spacial score (nSPS) is 27.8. The Morgan fingerprint density at radius 3 is 2.56 bits per heavy atom. The van der Waals surface area contributed by atoms with E-state index in [-0.39, 0.29) is 0 Å². The number of hydrogen-bond donors (Lipinski definition) is 0. The van der Waals surface area contributed by atoms with Crippen LogP contribution in [0.25, 0.3) is 5.57 Å². The molecule has 0 bridgehead atoms. The molecule has 2 atom stereocenters. The first-order valence-electron chi connectivity index (χ1n) is 10.2. The highest BCUT2D eigenvalue weighted by Gasteiger charge is 2.42. The smallest absolute Gasteiger partial charge is 0.0835 e. The minimum Gasteiger partial charge on any atom is -0.0835 e. The number of aryl methyl sites for hydroxylation is 1. The maximum absolute atomic E-state index is 3.81. The van der Waals surface area contributed by atoms with Crippen LogP contribution >= 0.6 is 7.26 Å². The molecule has 2 fully saturated rings. The van der Waals surface area contributed by atoms with Gasteiger partial charge in [0.25, 0.3) is 0 Å². The summed E-state index contributed by atoms with van der Waals surface area (Å²) in [5.41, 5.74) is 8.29. The van der Waals surface area contributed by atoms with Crippen molar-refractivity contribution in [3.63, 3.8) is 0 Å². The van der Waals surface area contributed by atoms with Crippen LogP contribution in [0.3, 0.4) is 0 Å². The Morgan fingerprint density at radius 2 is 1.92 bits per heavy atom. The van der Waals surface area contributed by atoms with Crippen LogP contribution in [0, 0.1) is 30.3 Å². The van der Waals surface area contributed by atoms with Gasteiger partial charge in [-0.05, 0) is 74.5 Å². The van der Waals surface area contributed by atoms with Crippen molar-refractivity contribution in [2.24, 2.45) is 11.8 Å². The van der Waals surface area contributed by atoms with E-state index in [1.165, 1.54) is 68.1 Å². The SMILES string of the molecule is CC#C[P+]1(CC2CCC2)CCCC(/C(=C/C)c2ccccc2C)CC1. The van der Waals surface area contributed by atoms with Crippen LogP contribution in [-0.4, -0.2) is 18.5 Å². The van der Waals surface area contributed by atoms with Gasteiger partial charge in [-0.3, -0.25) is 0 Å². The van der Waals surface area contributed by atoms with Crippen molar-refractivity contribution in [2.75, 3.05) is 18.5 Å². The van der Waals surface area contributed by atoms with E-state index in [2.05, 4.69) is 62.7 Å². The summed E-state index contributed by atoms with van der Waals surface area (Å²) in [7, 11) is -1.03. The molecule has 1 heterocycles. The first-order valence-corrected chi connectivity index (χ1v) is 12.5. The molecule has 25 heavy (non-hydrogen) atoms. The minimum atomic E-state index is -1.03. The summed E-state index contributed by atoms with van der Waals surface area (Å²) in [5.74, 6) is 5.08. The maximum atomic E-state index is 3.81. The summed E-state index contributed by atoms with van der Waals surface area (Å²) in [6, 6.07) is 8.92. The van der Waals surface area contributed by atoms with Gasteiger partial charge in [-0.2, -0.15) is 0 Å². The van der Waals surface area contributed by atoms with Crippen LogP contribution in [0.2, 0.25) is 0 Å².